The third-order valence-electron chi connectivity index (χ3n) is 1.55. The lowest BCUT2D eigenvalue weighted by atomic mass is 10.3. The van der Waals surface area contributed by atoms with Crippen molar-refractivity contribution in [3.05, 3.63) is 12.2 Å². The van der Waals surface area contributed by atoms with Gasteiger partial charge in [0.15, 0.2) is 0 Å². The van der Waals surface area contributed by atoms with Gasteiger partial charge < -0.3 is 14.8 Å². The van der Waals surface area contributed by atoms with Crippen LogP contribution < -0.4 is 5.32 Å². The fourth-order valence-corrected chi connectivity index (χ4v) is 0.777. The van der Waals surface area contributed by atoms with Gasteiger partial charge in [0.05, 0.1) is 20.3 Å². The molecule has 0 aliphatic carbocycles. The van der Waals surface area contributed by atoms with Gasteiger partial charge in [-0.15, -0.1) is 0 Å². The third-order valence-corrected chi connectivity index (χ3v) is 1.55. The number of hydrogen-bond acceptors (Lipinski definition) is 5. The molecule has 5 nitrogen and oxygen atoms in total. The van der Waals surface area contributed by atoms with Crippen LogP contribution in [0.25, 0.3) is 0 Å². The summed E-state index contributed by atoms with van der Waals surface area (Å²) in [6.45, 7) is 0.514. The summed E-state index contributed by atoms with van der Waals surface area (Å²) < 4.78 is 9.63. The number of allylic oxidation sites excluding steroid dienone is 1. The smallest absolute Gasteiger partial charge is 0.325 e. The Balaban J connectivity index is 3.67. The molecule has 5 heteroatoms. The van der Waals surface area contributed by atoms with Crippen molar-refractivity contribution in [2.45, 2.75) is 6.04 Å². The lowest BCUT2D eigenvalue weighted by molar-refractivity contribution is -0.144. The second kappa shape index (κ2) is 8.40. The molecule has 1 atom stereocenters. The van der Waals surface area contributed by atoms with Crippen molar-refractivity contribution in [2.24, 2.45) is 0 Å². The minimum atomic E-state index is -0.468. The van der Waals surface area contributed by atoms with E-state index in [2.05, 4.69) is 10.1 Å². The quantitative estimate of drug-likeness (QED) is 0.261. The number of hydrogen-bond donors (Lipinski definition) is 1. The van der Waals surface area contributed by atoms with Gasteiger partial charge in [-0.05, 0) is 13.1 Å². The maximum Gasteiger partial charge on any atom is 0.325 e. The molecule has 0 rings (SSSR count). The van der Waals surface area contributed by atoms with Crippen LogP contribution in [0.5, 0.6) is 0 Å². The molecule has 0 bridgehead atoms. The maximum atomic E-state index is 11.0. The first-order chi connectivity index (χ1) is 6.76. The lowest BCUT2D eigenvalue weighted by Crippen LogP contribution is -2.39. The molecule has 0 radical (unpaired) electrons. The average molecular weight is 201 g/mol. The van der Waals surface area contributed by atoms with Crippen LogP contribution >= 0.6 is 0 Å². The Labute approximate surface area is 83.1 Å². The highest BCUT2D eigenvalue weighted by Crippen LogP contribution is 1.89. The topological polar surface area (TPSA) is 64.6 Å². The Bertz CT molecular complexity index is 203. The number of nitrogens with one attached hydrogen (secondary N) is 1. The zero-order valence-corrected chi connectivity index (χ0v) is 8.36. The highest BCUT2D eigenvalue weighted by atomic mass is 16.5. The number of carbonyl (C=O) groups excluding carboxylic acids is 2. The van der Waals surface area contributed by atoms with E-state index < -0.39 is 6.04 Å². The fourth-order valence-electron chi connectivity index (χ4n) is 0.777. The third kappa shape index (κ3) is 5.45. The first kappa shape index (κ1) is 12.8. The fraction of sp³-hybridized carbons (Fsp3) is 0.556. The van der Waals surface area contributed by atoms with Crippen LogP contribution in [0.2, 0.25) is 0 Å². The maximum absolute atomic E-state index is 11.0. The minimum absolute atomic E-state index is 0.215. The highest BCUT2D eigenvalue weighted by molar-refractivity contribution is 5.75. The van der Waals surface area contributed by atoms with Crippen LogP contribution in [0.3, 0.4) is 0 Å². The Kier molecular flexibility index (Phi) is 7.68. The van der Waals surface area contributed by atoms with E-state index in [-0.39, 0.29) is 12.6 Å². The van der Waals surface area contributed by atoms with Gasteiger partial charge in [-0.1, -0.05) is 6.08 Å². The molecule has 0 aromatic carbocycles. The van der Waals surface area contributed by atoms with E-state index in [1.165, 1.54) is 13.2 Å². The number of likely N-dealkylation sites (N-methyl/N-ethyl adjacent to an activating group) is 1. The Morgan fingerprint density at radius 1 is 1.57 bits per heavy atom. The van der Waals surface area contributed by atoms with E-state index >= 15 is 0 Å². The van der Waals surface area contributed by atoms with Gasteiger partial charge in [0, 0.05) is 0 Å². The van der Waals surface area contributed by atoms with E-state index in [1.807, 2.05) is 0 Å². The van der Waals surface area contributed by atoms with Gasteiger partial charge in [-0.3, -0.25) is 9.59 Å². The summed E-state index contributed by atoms with van der Waals surface area (Å²) in [5.74, 6) is -0.369. The molecule has 0 aliphatic rings. The van der Waals surface area contributed by atoms with Crippen LogP contribution in [0.1, 0.15) is 0 Å². The summed E-state index contributed by atoms with van der Waals surface area (Å²) in [6, 6.07) is -0.468. The standard InChI is InChI=1S/C9H15NO4/c1-10-8(9(12)13-2)7-14-6-4-3-5-11/h3-5,8,10H,6-7H2,1-2H3/b4-3+. The number of aldehydes is 1. The zero-order chi connectivity index (χ0) is 10.8. The monoisotopic (exact) mass is 201 g/mol. The van der Waals surface area contributed by atoms with Crippen molar-refractivity contribution in [2.75, 3.05) is 27.4 Å². The lowest BCUT2D eigenvalue weighted by Gasteiger charge is -2.12. The van der Waals surface area contributed by atoms with Crippen molar-refractivity contribution in [1.29, 1.82) is 0 Å². The molecule has 14 heavy (non-hydrogen) atoms. The molecule has 1 unspecified atom stereocenters. The Morgan fingerprint density at radius 3 is 2.79 bits per heavy atom. The van der Waals surface area contributed by atoms with E-state index in [1.54, 1.807) is 13.1 Å². The largest absolute Gasteiger partial charge is 0.468 e. The molecule has 1 N–H and O–H groups in total. The predicted molar refractivity (Wildman–Crippen MR) is 50.9 cm³/mol. The van der Waals surface area contributed by atoms with Crippen LogP contribution in [0.15, 0.2) is 12.2 Å². The number of rotatable bonds is 7. The van der Waals surface area contributed by atoms with Crippen molar-refractivity contribution in [1.82, 2.24) is 5.32 Å². The average Bonchev–Trinajstić information content (AvgIpc) is 2.22. The summed E-state index contributed by atoms with van der Waals surface area (Å²) in [5, 5.41) is 2.75. The minimum Gasteiger partial charge on any atom is -0.468 e. The van der Waals surface area contributed by atoms with E-state index in [4.69, 9.17) is 4.74 Å². The van der Waals surface area contributed by atoms with Crippen molar-refractivity contribution in [3.63, 3.8) is 0 Å². The molecule has 0 amide bonds. The second-order valence-electron chi connectivity index (χ2n) is 2.47. The van der Waals surface area contributed by atoms with Crippen LogP contribution in [0.4, 0.5) is 0 Å². The Morgan fingerprint density at radius 2 is 2.29 bits per heavy atom. The van der Waals surface area contributed by atoms with E-state index in [0.29, 0.717) is 12.9 Å². The summed E-state index contributed by atoms with van der Waals surface area (Å²) in [5.41, 5.74) is 0. The molecule has 0 fully saturated rings. The van der Waals surface area contributed by atoms with Gasteiger partial charge in [-0.2, -0.15) is 0 Å². The first-order valence-electron chi connectivity index (χ1n) is 4.19. The molecule has 0 aliphatic heterocycles. The zero-order valence-electron chi connectivity index (χ0n) is 8.36. The van der Waals surface area contributed by atoms with Crippen molar-refractivity contribution < 1.29 is 19.1 Å². The number of carbonyl (C=O) groups is 2. The number of ether oxygens (including phenoxy) is 2. The van der Waals surface area contributed by atoms with Crippen molar-refractivity contribution in [3.8, 4) is 0 Å². The number of esters is 1. The van der Waals surface area contributed by atoms with Gasteiger partial charge in [-0.25, -0.2) is 0 Å². The molecular weight excluding hydrogens is 186 g/mol. The SMILES string of the molecule is CNC(COC/C=C/C=O)C(=O)OC. The summed E-state index contributed by atoms with van der Waals surface area (Å²) in [6.07, 6.45) is 3.57. The van der Waals surface area contributed by atoms with Gasteiger partial charge in [0.25, 0.3) is 0 Å². The molecule has 0 saturated carbocycles. The predicted octanol–water partition coefficient (Wildman–Crippen LogP) is -0.481. The second-order valence-corrected chi connectivity index (χ2v) is 2.47. The summed E-state index contributed by atoms with van der Waals surface area (Å²) in [7, 11) is 2.96. The normalized spacial score (nSPS) is 12.7. The van der Waals surface area contributed by atoms with Gasteiger partial charge in [0.2, 0.25) is 0 Å². The van der Waals surface area contributed by atoms with E-state index in [9.17, 15) is 9.59 Å². The molecule has 80 valence electrons. The molecule has 0 saturated heterocycles. The van der Waals surface area contributed by atoms with Crippen LogP contribution in [0, 0.1) is 0 Å². The molecule has 0 aromatic heterocycles. The van der Waals surface area contributed by atoms with Crippen LogP contribution in [-0.2, 0) is 19.1 Å². The van der Waals surface area contributed by atoms with E-state index in [0.717, 1.165) is 0 Å². The highest BCUT2D eigenvalue weighted by Gasteiger charge is 2.15. The Hall–Kier alpha value is -1.20. The molecule has 0 aromatic rings. The summed E-state index contributed by atoms with van der Waals surface area (Å²) >= 11 is 0. The van der Waals surface area contributed by atoms with Crippen molar-refractivity contribution >= 4 is 12.3 Å². The summed E-state index contributed by atoms with van der Waals surface area (Å²) in [4.78, 5) is 20.9. The first-order valence-corrected chi connectivity index (χ1v) is 4.19. The van der Waals surface area contributed by atoms with Gasteiger partial charge >= 0.3 is 5.97 Å². The van der Waals surface area contributed by atoms with Crippen LogP contribution in [-0.4, -0.2) is 45.7 Å². The molecule has 0 spiro atoms. The van der Waals surface area contributed by atoms with Gasteiger partial charge in [0.1, 0.15) is 12.3 Å². The molecular formula is C9H15NO4. The number of methoxy groups -OCH3 is 1. The molecule has 0 heterocycles.